The number of aromatic nitrogens is 5. The summed E-state index contributed by atoms with van der Waals surface area (Å²) in [6, 6.07) is 22.0. The maximum Gasteiger partial charge on any atom is 0.354 e. The highest BCUT2D eigenvalue weighted by Crippen LogP contribution is 2.24. The molecule has 2 aromatic carbocycles. The zero-order valence-corrected chi connectivity index (χ0v) is 20.9. The molecule has 5 rings (SSSR count). The second kappa shape index (κ2) is 10.9. The number of fused-ring (bicyclic) bond motifs is 2. The second-order valence-electron chi connectivity index (χ2n) is 9.19. The van der Waals surface area contributed by atoms with Crippen molar-refractivity contribution in [1.82, 2.24) is 29.9 Å². The number of esters is 1. The molecule has 9 heteroatoms. The number of hydrogen-bond donors (Lipinski definition) is 2. The molecule has 0 spiro atoms. The Balaban J connectivity index is 1.29. The highest BCUT2D eigenvalue weighted by molar-refractivity contribution is 5.96. The first kappa shape index (κ1) is 24.6. The van der Waals surface area contributed by atoms with Crippen LogP contribution >= 0.6 is 0 Å². The van der Waals surface area contributed by atoms with E-state index in [0.29, 0.717) is 31.0 Å². The smallest absolute Gasteiger partial charge is 0.354 e. The lowest BCUT2D eigenvalue weighted by Crippen LogP contribution is -2.32. The van der Waals surface area contributed by atoms with Crippen molar-refractivity contribution in [2.75, 3.05) is 13.2 Å². The van der Waals surface area contributed by atoms with Crippen LogP contribution < -0.4 is 5.32 Å². The number of tetrazole rings is 1. The summed E-state index contributed by atoms with van der Waals surface area (Å²) in [6.07, 6.45) is 1.83. The summed E-state index contributed by atoms with van der Waals surface area (Å²) < 4.78 is 8.90. The van der Waals surface area contributed by atoms with Crippen LogP contribution in [0.25, 0.3) is 16.6 Å². The minimum atomic E-state index is -0.683. The van der Waals surface area contributed by atoms with E-state index in [1.54, 1.807) is 16.8 Å². The number of aliphatic hydroxyl groups excluding tert-OH is 1. The number of hydrogen-bond acceptors (Lipinski definition) is 7. The normalized spacial score (nSPS) is 13.2. The lowest BCUT2D eigenvalue weighted by molar-refractivity contribution is 0.0515. The first-order valence-electron chi connectivity index (χ1n) is 12.4. The lowest BCUT2D eigenvalue weighted by atomic mass is 10.0. The van der Waals surface area contributed by atoms with E-state index in [9.17, 15) is 9.90 Å². The summed E-state index contributed by atoms with van der Waals surface area (Å²) in [5.41, 5.74) is 5.18. The van der Waals surface area contributed by atoms with Gasteiger partial charge < -0.3 is 19.7 Å². The predicted octanol–water partition coefficient (Wildman–Crippen LogP) is 3.56. The third-order valence-electron chi connectivity index (χ3n) is 6.43. The Morgan fingerprint density at radius 1 is 1.08 bits per heavy atom. The Morgan fingerprint density at radius 2 is 1.92 bits per heavy atom. The summed E-state index contributed by atoms with van der Waals surface area (Å²) >= 11 is 0. The summed E-state index contributed by atoms with van der Waals surface area (Å²) in [7, 11) is 0. The van der Waals surface area contributed by atoms with Gasteiger partial charge >= 0.3 is 5.97 Å². The fourth-order valence-corrected chi connectivity index (χ4v) is 4.57. The number of nitrogens with zero attached hydrogens (tertiary/aromatic N) is 5. The molecule has 0 fully saturated rings. The van der Waals surface area contributed by atoms with Crippen molar-refractivity contribution in [2.24, 2.45) is 0 Å². The molecule has 3 aromatic heterocycles. The average molecular weight is 499 g/mol. The first-order chi connectivity index (χ1) is 18.0. The molecule has 5 aromatic rings. The van der Waals surface area contributed by atoms with Crippen LogP contribution in [0.15, 0.2) is 72.9 Å². The van der Waals surface area contributed by atoms with Gasteiger partial charge in [-0.25, -0.2) is 9.31 Å². The van der Waals surface area contributed by atoms with Gasteiger partial charge in [0.2, 0.25) is 0 Å². The van der Waals surface area contributed by atoms with Crippen molar-refractivity contribution in [2.45, 2.75) is 39.0 Å². The van der Waals surface area contributed by atoms with E-state index in [-0.39, 0.29) is 12.0 Å². The summed E-state index contributed by atoms with van der Waals surface area (Å²) in [6.45, 7) is 5.22. The van der Waals surface area contributed by atoms with Crippen molar-refractivity contribution in [1.29, 1.82) is 0 Å². The maximum absolute atomic E-state index is 12.7. The third-order valence-corrected chi connectivity index (χ3v) is 6.43. The molecule has 0 saturated heterocycles. The van der Waals surface area contributed by atoms with E-state index in [0.717, 1.165) is 34.0 Å². The van der Waals surface area contributed by atoms with Crippen LogP contribution in [-0.2, 0) is 17.7 Å². The van der Waals surface area contributed by atoms with E-state index in [1.807, 2.05) is 41.8 Å². The first-order valence-corrected chi connectivity index (χ1v) is 12.4. The number of carbonyl (C=O) groups excluding carboxylic acids is 1. The number of rotatable bonds is 10. The molecule has 190 valence electrons. The topological polar surface area (TPSA) is 107 Å². The number of ether oxygens (including phenoxy) is 1. The van der Waals surface area contributed by atoms with Crippen molar-refractivity contribution in [3.05, 3.63) is 95.3 Å². The standard InChI is InChI=1S/C28H30N6O3/c1-3-37-28(36)25-15-23-14-21(9-11-24(23)33(25)17-20-7-5-4-6-8-20)13-19(2)29-16-26(35)22-10-12-27-30-31-32-34(27)18-22/h4-12,14-15,18-19,26,29,35H,3,13,16-17H2,1-2H3/t19-,26-/m1/s1. The van der Waals surface area contributed by atoms with Crippen molar-refractivity contribution in [3.63, 3.8) is 0 Å². The van der Waals surface area contributed by atoms with Gasteiger partial charge in [0.15, 0.2) is 5.65 Å². The molecule has 0 aliphatic rings. The van der Waals surface area contributed by atoms with Crippen LogP contribution in [0.1, 0.15) is 47.1 Å². The maximum atomic E-state index is 12.7. The number of benzene rings is 2. The Morgan fingerprint density at radius 3 is 2.73 bits per heavy atom. The molecule has 0 amide bonds. The van der Waals surface area contributed by atoms with Gasteiger partial charge in [-0.2, -0.15) is 0 Å². The van der Waals surface area contributed by atoms with E-state index in [2.05, 4.69) is 58.1 Å². The summed E-state index contributed by atoms with van der Waals surface area (Å²) in [5, 5.41) is 26.4. The Bertz CT molecular complexity index is 1510. The fourth-order valence-electron chi connectivity index (χ4n) is 4.57. The number of nitrogens with one attached hydrogen (secondary N) is 1. The molecule has 0 bridgehead atoms. The number of pyridine rings is 1. The van der Waals surface area contributed by atoms with Crippen LogP contribution in [0.2, 0.25) is 0 Å². The molecule has 0 aliphatic heterocycles. The van der Waals surface area contributed by atoms with Gasteiger partial charge in [-0.3, -0.25) is 0 Å². The molecule has 0 unspecified atom stereocenters. The van der Waals surface area contributed by atoms with Crippen LogP contribution in [0, 0.1) is 0 Å². The van der Waals surface area contributed by atoms with Crippen molar-refractivity contribution >= 4 is 22.5 Å². The molecular formula is C28H30N6O3. The van der Waals surface area contributed by atoms with Crippen molar-refractivity contribution in [3.8, 4) is 0 Å². The van der Waals surface area contributed by atoms with E-state index in [1.165, 1.54) is 0 Å². The van der Waals surface area contributed by atoms with Crippen LogP contribution in [0.5, 0.6) is 0 Å². The number of carbonyl (C=O) groups is 1. The molecule has 37 heavy (non-hydrogen) atoms. The Kier molecular flexibility index (Phi) is 7.25. The highest BCUT2D eigenvalue weighted by Gasteiger charge is 2.18. The average Bonchev–Trinajstić information content (AvgIpc) is 3.52. The number of aliphatic hydroxyl groups is 1. The second-order valence-corrected chi connectivity index (χ2v) is 9.19. The monoisotopic (exact) mass is 498 g/mol. The predicted molar refractivity (Wildman–Crippen MR) is 140 cm³/mol. The van der Waals surface area contributed by atoms with Gasteiger partial charge in [-0.05, 0) is 66.1 Å². The van der Waals surface area contributed by atoms with Gasteiger partial charge in [0.25, 0.3) is 0 Å². The SMILES string of the molecule is CCOC(=O)c1cc2cc(C[C@@H](C)NC[C@@H](O)c3ccc4nnnn4c3)ccc2n1Cc1ccccc1. The Labute approximate surface area is 214 Å². The van der Waals surface area contributed by atoms with E-state index >= 15 is 0 Å². The van der Waals surface area contributed by atoms with Crippen molar-refractivity contribution < 1.29 is 14.6 Å². The Hall–Kier alpha value is -4.08. The molecule has 0 aliphatic carbocycles. The van der Waals surface area contributed by atoms with E-state index in [4.69, 9.17) is 4.74 Å². The zero-order valence-electron chi connectivity index (χ0n) is 20.9. The minimum Gasteiger partial charge on any atom is -0.461 e. The van der Waals surface area contributed by atoms with Gasteiger partial charge in [0, 0.05) is 41.8 Å². The largest absolute Gasteiger partial charge is 0.461 e. The lowest BCUT2D eigenvalue weighted by Gasteiger charge is -2.18. The zero-order chi connectivity index (χ0) is 25.8. The summed E-state index contributed by atoms with van der Waals surface area (Å²) in [4.78, 5) is 12.7. The third kappa shape index (κ3) is 5.52. The minimum absolute atomic E-state index is 0.125. The van der Waals surface area contributed by atoms with Crippen LogP contribution in [0.4, 0.5) is 0 Å². The molecule has 3 heterocycles. The van der Waals surface area contributed by atoms with Gasteiger partial charge in [-0.1, -0.05) is 42.5 Å². The van der Waals surface area contributed by atoms with Crippen LogP contribution in [0.3, 0.4) is 0 Å². The summed E-state index contributed by atoms with van der Waals surface area (Å²) in [5.74, 6) is -0.319. The van der Waals surface area contributed by atoms with Gasteiger partial charge in [0.05, 0.1) is 12.7 Å². The van der Waals surface area contributed by atoms with Gasteiger partial charge in [0.1, 0.15) is 5.69 Å². The van der Waals surface area contributed by atoms with E-state index < -0.39 is 6.10 Å². The molecular weight excluding hydrogens is 468 g/mol. The molecule has 9 nitrogen and oxygen atoms in total. The molecule has 0 saturated carbocycles. The molecule has 2 atom stereocenters. The highest BCUT2D eigenvalue weighted by atomic mass is 16.5. The fraction of sp³-hybridized carbons (Fsp3) is 0.286. The van der Waals surface area contributed by atoms with Crippen LogP contribution in [-0.4, -0.2) is 54.9 Å². The molecule has 0 radical (unpaired) electrons. The quantitative estimate of drug-likeness (QED) is 0.284. The van der Waals surface area contributed by atoms with Gasteiger partial charge in [-0.15, -0.1) is 5.10 Å². The molecule has 2 N–H and O–H groups in total.